The Labute approximate surface area is 89.8 Å². The van der Waals surface area contributed by atoms with Crippen molar-refractivity contribution in [3.63, 3.8) is 0 Å². The molecule has 0 saturated carbocycles. The molecule has 0 fully saturated rings. The van der Waals surface area contributed by atoms with Crippen molar-refractivity contribution in [3.05, 3.63) is 27.9 Å². The fraction of sp³-hybridized carbons (Fsp3) is 0.200. The first kappa shape index (κ1) is 9.40. The third kappa shape index (κ3) is 1.18. The van der Waals surface area contributed by atoms with Gasteiger partial charge in [-0.3, -0.25) is 9.48 Å². The first-order valence-corrected chi connectivity index (χ1v) is 5.01. The molecule has 2 rings (SSSR count). The van der Waals surface area contributed by atoms with E-state index in [-0.39, 0.29) is 0 Å². The van der Waals surface area contributed by atoms with Crippen LogP contribution in [0.4, 0.5) is 0 Å². The summed E-state index contributed by atoms with van der Waals surface area (Å²) in [6.07, 6.45) is 0.843. The van der Waals surface area contributed by atoms with Crippen LogP contribution in [-0.2, 0) is 7.05 Å². The lowest BCUT2D eigenvalue weighted by molar-refractivity contribution is 0.112. The van der Waals surface area contributed by atoms with Crippen molar-refractivity contribution in [2.45, 2.75) is 6.92 Å². The van der Waals surface area contributed by atoms with Crippen molar-refractivity contribution in [1.82, 2.24) is 9.78 Å². The topological polar surface area (TPSA) is 34.9 Å². The second-order valence-corrected chi connectivity index (χ2v) is 3.98. The number of hydrogen-bond acceptors (Lipinski definition) is 2. The fourth-order valence-electron chi connectivity index (χ4n) is 1.50. The van der Waals surface area contributed by atoms with Crippen LogP contribution in [-0.4, -0.2) is 16.1 Å². The largest absolute Gasteiger partial charge is 0.298 e. The van der Waals surface area contributed by atoms with Crippen LogP contribution in [0, 0.1) is 6.92 Å². The van der Waals surface area contributed by atoms with Gasteiger partial charge < -0.3 is 0 Å². The van der Waals surface area contributed by atoms with Crippen molar-refractivity contribution >= 4 is 33.1 Å². The number of aromatic nitrogens is 2. The van der Waals surface area contributed by atoms with Gasteiger partial charge in [0.25, 0.3) is 0 Å². The molecule has 2 aromatic rings. The van der Waals surface area contributed by atoms with Crippen LogP contribution >= 0.6 is 15.9 Å². The normalized spacial score (nSPS) is 10.8. The molecule has 4 heteroatoms. The molecule has 0 saturated heterocycles. The van der Waals surface area contributed by atoms with Gasteiger partial charge in [0, 0.05) is 28.2 Å². The number of benzene rings is 1. The van der Waals surface area contributed by atoms with E-state index in [1.54, 1.807) is 6.07 Å². The quantitative estimate of drug-likeness (QED) is 0.731. The Balaban J connectivity index is 2.93. The standard InChI is InChI=1S/C10H9BrN2O/c1-6-9-8(12-13(6)2)4-3-7(5-14)10(9)11/h3-5H,1-2H3. The van der Waals surface area contributed by atoms with Crippen molar-refractivity contribution < 1.29 is 4.79 Å². The van der Waals surface area contributed by atoms with E-state index in [1.165, 1.54) is 0 Å². The van der Waals surface area contributed by atoms with Crippen LogP contribution < -0.4 is 0 Å². The third-order valence-electron chi connectivity index (χ3n) is 2.38. The fourth-order valence-corrected chi connectivity index (χ4v) is 2.21. The highest BCUT2D eigenvalue weighted by molar-refractivity contribution is 9.10. The number of carbonyl (C=O) groups is 1. The average molecular weight is 253 g/mol. The summed E-state index contributed by atoms with van der Waals surface area (Å²) in [5.41, 5.74) is 2.62. The highest BCUT2D eigenvalue weighted by atomic mass is 79.9. The first-order chi connectivity index (χ1) is 6.65. The van der Waals surface area contributed by atoms with Gasteiger partial charge in [-0.15, -0.1) is 0 Å². The SMILES string of the molecule is Cc1c2c(Br)c(C=O)ccc2nn1C. The summed E-state index contributed by atoms with van der Waals surface area (Å²) in [6.45, 7) is 1.98. The van der Waals surface area contributed by atoms with E-state index in [9.17, 15) is 4.79 Å². The zero-order valence-electron chi connectivity index (χ0n) is 7.91. The van der Waals surface area contributed by atoms with Crippen LogP contribution in [0.3, 0.4) is 0 Å². The molecule has 0 unspecified atom stereocenters. The van der Waals surface area contributed by atoms with Crippen LogP contribution in [0.25, 0.3) is 10.9 Å². The summed E-state index contributed by atoms with van der Waals surface area (Å²) in [6, 6.07) is 3.63. The third-order valence-corrected chi connectivity index (χ3v) is 3.24. The Morgan fingerprint density at radius 3 is 2.86 bits per heavy atom. The number of hydrogen-bond donors (Lipinski definition) is 0. The van der Waals surface area contributed by atoms with Crippen LogP contribution in [0.1, 0.15) is 16.1 Å². The number of aldehydes is 1. The Morgan fingerprint density at radius 1 is 1.50 bits per heavy atom. The Hall–Kier alpha value is -1.16. The van der Waals surface area contributed by atoms with Gasteiger partial charge in [-0.1, -0.05) is 0 Å². The minimum Gasteiger partial charge on any atom is -0.298 e. The van der Waals surface area contributed by atoms with E-state index in [0.29, 0.717) is 5.56 Å². The number of carbonyl (C=O) groups excluding carboxylic acids is 1. The molecule has 0 bridgehead atoms. The van der Waals surface area contributed by atoms with Gasteiger partial charge in [-0.05, 0) is 35.0 Å². The zero-order valence-corrected chi connectivity index (χ0v) is 9.50. The monoisotopic (exact) mass is 252 g/mol. The Bertz CT molecular complexity index is 516. The minimum atomic E-state index is 0.661. The van der Waals surface area contributed by atoms with Crippen molar-refractivity contribution in [2.75, 3.05) is 0 Å². The van der Waals surface area contributed by atoms with E-state index in [4.69, 9.17) is 0 Å². The lowest BCUT2D eigenvalue weighted by Gasteiger charge is -1.98. The second-order valence-electron chi connectivity index (χ2n) is 3.19. The maximum Gasteiger partial charge on any atom is 0.151 e. The minimum absolute atomic E-state index is 0.661. The molecule has 3 nitrogen and oxygen atoms in total. The molecular weight excluding hydrogens is 244 g/mol. The van der Waals surface area contributed by atoms with Gasteiger partial charge >= 0.3 is 0 Å². The van der Waals surface area contributed by atoms with Crippen molar-refractivity contribution in [1.29, 1.82) is 0 Å². The summed E-state index contributed by atoms with van der Waals surface area (Å²) in [5.74, 6) is 0. The van der Waals surface area contributed by atoms with Gasteiger partial charge in [-0.2, -0.15) is 5.10 Å². The molecule has 1 aromatic heterocycles. The molecule has 0 aliphatic rings. The summed E-state index contributed by atoms with van der Waals surface area (Å²) in [4.78, 5) is 10.7. The number of fused-ring (bicyclic) bond motifs is 1. The molecule has 0 atom stereocenters. The van der Waals surface area contributed by atoms with Crippen LogP contribution in [0.5, 0.6) is 0 Å². The molecule has 14 heavy (non-hydrogen) atoms. The molecular formula is C10H9BrN2O. The van der Waals surface area contributed by atoms with Gasteiger partial charge in [-0.25, -0.2) is 0 Å². The second kappa shape index (κ2) is 3.20. The first-order valence-electron chi connectivity index (χ1n) is 4.22. The Morgan fingerprint density at radius 2 is 2.21 bits per heavy atom. The average Bonchev–Trinajstić information content (AvgIpc) is 2.44. The maximum absolute atomic E-state index is 10.7. The number of nitrogens with zero attached hydrogens (tertiary/aromatic N) is 2. The molecule has 0 amide bonds. The molecule has 1 aromatic carbocycles. The van der Waals surface area contributed by atoms with E-state index in [1.807, 2.05) is 24.7 Å². The van der Waals surface area contributed by atoms with E-state index < -0.39 is 0 Å². The summed E-state index contributed by atoms with van der Waals surface area (Å²) >= 11 is 3.42. The smallest absolute Gasteiger partial charge is 0.151 e. The molecule has 0 N–H and O–H groups in total. The van der Waals surface area contributed by atoms with Gasteiger partial charge in [0.15, 0.2) is 6.29 Å². The van der Waals surface area contributed by atoms with Gasteiger partial charge in [0.2, 0.25) is 0 Å². The number of rotatable bonds is 1. The Kier molecular flexibility index (Phi) is 2.15. The molecule has 72 valence electrons. The lowest BCUT2D eigenvalue weighted by atomic mass is 10.1. The summed E-state index contributed by atoms with van der Waals surface area (Å²) in [7, 11) is 1.89. The van der Waals surface area contributed by atoms with E-state index in [2.05, 4.69) is 21.0 Å². The predicted molar refractivity (Wildman–Crippen MR) is 58.5 cm³/mol. The highest BCUT2D eigenvalue weighted by Crippen LogP contribution is 2.28. The molecule has 0 aliphatic heterocycles. The van der Waals surface area contributed by atoms with E-state index >= 15 is 0 Å². The summed E-state index contributed by atoms with van der Waals surface area (Å²) < 4.78 is 2.64. The molecule has 0 spiro atoms. The number of aryl methyl sites for hydroxylation is 2. The van der Waals surface area contributed by atoms with Crippen LogP contribution in [0.2, 0.25) is 0 Å². The van der Waals surface area contributed by atoms with Crippen LogP contribution in [0.15, 0.2) is 16.6 Å². The van der Waals surface area contributed by atoms with Gasteiger partial charge in [0.1, 0.15) is 0 Å². The number of halogens is 1. The molecule has 0 radical (unpaired) electrons. The van der Waals surface area contributed by atoms with Crippen molar-refractivity contribution in [2.24, 2.45) is 7.05 Å². The molecule has 1 heterocycles. The van der Waals surface area contributed by atoms with Gasteiger partial charge in [0.05, 0.1) is 5.52 Å². The maximum atomic E-state index is 10.7. The summed E-state index contributed by atoms with van der Waals surface area (Å²) in [5, 5.41) is 5.33. The van der Waals surface area contributed by atoms with E-state index in [0.717, 1.165) is 27.4 Å². The predicted octanol–water partition coefficient (Wildman–Crippen LogP) is 2.46. The zero-order chi connectivity index (χ0) is 10.3. The molecule has 0 aliphatic carbocycles. The lowest BCUT2D eigenvalue weighted by Crippen LogP contribution is -1.91. The van der Waals surface area contributed by atoms with Crippen molar-refractivity contribution in [3.8, 4) is 0 Å². The highest BCUT2D eigenvalue weighted by Gasteiger charge is 2.10.